The molecule has 2 aromatic carbocycles. The summed E-state index contributed by atoms with van der Waals surface area (Å²) in [6.07, 6.45) is 4.76. The molecule has 1 amide bonds. The van der Waals surface area contributed by atoms with Crippen molar-refractivity contribution in [1.82, 2.24) is 15.3 Å². The van der Waals surface area contributed by atoms with Crippen LogP contribution < -0.4 is 5.32 Å². The quantitative estimate of drug-likeness (QED) is 0.575. The number of aromatic amines is 1. The van der Waals surface area contributed by atoms with Crippen molar-refractivity contribution in [3.63, 3.8) is 0 Å². The number of rotatable bonds is 2. The third-order valence-electron chi connectivity index (χ3n) is 4.98. The molecule has 5 rings (SSSR count). The highest BCUT2D eigenvalue weighted by atomic mass is 16.1. The van der Waals surface area contributed by atoms with Crippen LogP contribution in [0.25, 0.3) is 33.3 Å². The smallest absolute Gasteiger partial charge is 0.251 e. The normalized spacial score (nSPS) is 13.5. The Hall–Kier alpha value is -3.40. The largest absolute Gasteiger partial charge is 0.352 e. The molecule has 0 spiro atoms. The van der Waals surface area contributed by atoms with Crippen LogP contribution in [0.5, 0.6) is 0 Å². The van der Waals surface area contributed by atoms with Crippen molar-refractivity contribution in [2.75, 3.05) is 6.54 Å². The summed E-state index contributed by atoms with van der Waals surface area (Å²) in [5, 5.41) is 3.98. The summed E-state index contributed by atoms with van der Waals surface area (Å²) in [6, 6.07) is 18.5. The Morgan fingerprint density at radius 1 is 0.885 bits per heavy atom. The predicted octanol–water partition coefficient (Wildman–Crippen LogP) is 4.18. The maximum absolute atomic E-state index is 12.0. The molecule has 3 heterocycles. The van der Waals surface area contributed by atoms with E-state index in [0.717, 1.165) is 50.8 Å². The molecule has 26 heavy (non-hydrogen) atoms. The predicted molar refractivity (Wildman–Crippen MR) is 103 cm³/mol. The maximum atomic E-state index is 12.0. The van der Waals surface area contributed by atoms with Crippen LogP contribution in [0.4, 0.5) is 0 Å². The minimum atomic E-state index is 0.0183. The van der Waals surface area contributed by atoms with Gasteiger partial charge in [0.05, 0.1) is 0 Å². The number of carbonyl (C=O) groups is 1. The van der Waals surface area contributed by atoms with Gasteiger partial charge >= 0.3 is 0 Å². The molecular formula is C22H17N3O. The second kappa shape index (κ2) is 5.85. The molecule has 2 aromatic heterocycles. The van der Waals surface area contributed by atoms with Gasteiger partial charge in [-0.05, 0) is 35.2 Å². The summed E-state index contributed by atoms with van der Waals surface area (Å²) < 4.78 is 0. The molecule has 126 valence electrons. The van der Waals surface area contributed by atoms with Crippen LogP contribution in [0.15, 0.2) is 67.0 Å². The first kappa shape index (κ1) is 14.9. The van der Waals surface area contributed by atoms with Gasteiger partial charge in [0, 0.05) is 41.0 Å². The van der Waals surface area contributed by atoms with Gasteiger partial charge in [0.15, 0.2) is 0 Å². The molecule has 0 fully saturated rings. The molecule has 4 aromatic rings. The van der Waals surface area contributed by atoms with E-state index in [4.69, 9.17) is 0 Å². The van der Waals surface area contributed by atoms with Crippen molar-refractivity contribution >= 4 is 16.9 Å². The Kier molecular flexibility index (Phi) is 3.35. The fourth-order valence-corrected chi connectivity index (χ4v) is 3.63. The maximum Gasteiger partial charge on any atom is 0.251 e. The van der Waals surface area contributed by atoms with Crippen molar-refractivity contribution in [1.29, 1.82) is 0 Å². The fraction of sp³-hybridized carbons (Fsp3) is 0.0909. The number of H-pyrrole nitrogens is 1. The Morgan fingerprint density at radius 2 is 1.77 bits per heavy atom. The van der Waals surface area contributed by atoms with Crippen LogP contribution in [0.3, 0.4) is 0 Å². The zero-order chi connectivity index (χ0) is 17.5. The third-order valence-corrected chi connectivity index (χ3v) is 4.98. The summed E-state index contributed by atoms with van der Waals surface area (Å²) in [5.41, 5.74) is 7.22. The number of carbonyl (C=O) groups excluding carboxylic acids is 1. The second-order valence-corrected chi connectivity index (χ2v) is 6.57. The van der Waals surface area contributed by atoms with Crippen molar-refractivity contribution in [2.45, 2.75) is 6.42 Å². The van der Waals surface area contributed by atoms with Crippen LogP contribution in [0.1, 0.15) is 15.9 Å². The summed E-state index contributed by atoms with van der Waals surface area (Å²) in [6.45, 7) is 0.697. The van der Waals surface area contributed by atoms with E-state index >= 15 is 0 Å². The molecule has 2 N–H and O–H groups in total. The highest BCUT2D eigenvalue weighted by Crippen LogP contribution is 2.32. The van der Waals surface area contributed by atoms with Crippen molar-refractivity contribution < 1.29 is 4.79 Å². The minimum Gasteiger partial charge on any atom is -0.352 e. The van der Waals surface area contributed by atoms with Gasteiger partial charge in [0.2, 0.25) is 0 Å². The lowest BCUT2D eigenvalue weighted by Crippen LogP contribution is -2.31. The zero-order valence-corrected chi connectivity index (χ0v) is 14.1. The first-order valence-electron chi connectivity index (χ1n) is 8.74. The highest BCUT2D eigenvalue weighted by molar-refractivity contribution is 5.99. The van der Waals surface area contributed by atoms with Gasteiger partial charge < -0.3 is 10.3 Å². The van der Waals surface area contributed by atoms with E-state index in [1.54, 1.807) is 0 Å². The number of benzene rings is 2. The minimum absolute atomic E-state index is 0.0183. The third kappa shape index (κ3) is 2.39. The lowest BCUT2D eigenvalue weighted by atomic mass is 9.94. The fourth-order valence-electron chi connectivity index (χ4n) is 3.63. The van der Waals surface area contributed by atoms with Crippen LogP contribution in [-0.4, -0.2) is 22.4 Å². The standard InChI is InChI=1S/C22H17N3O/c26-22-18-7-6-15(10-16(18)8-9-23-22)20-13-25-21-19(20)11-17(12-24-21)14-4-2-1-3-5-14/h1-7,10-13H,8-9H2,(H,23,26)(H,24,25). The van der Waals surface area contributed by atoms with Crippen LogP contribution in [-0.2, 0) is 6.42 Å². The molecule has 1 aliphatic heterocycles. The lowest BCUT2D eigenvalue weighted by Gasteiger charge is -2.17. The van der Waals surface area contributed by atoms with Gasteiger partial charge in [-0.1, -0.05) is 42.5 Å². The molecule has 0 saturated heterocycles. The van der Waals surface area contributed by atoms with Crippen molar-refractivity contribution in [2.24, 2.45) is 0 Å². The molecule has 0 aliphatic carbocycles. The van der Waals surface area contributed by atoms with E-state index in [9.17, 15) is 4.79 Å². The average Bonchev–Trinajstić information content (AvgIpc) is 3.12. The number of hydrogen-bond acceptors (Lipinski definition) is 2. The van der Waals surface area contributed by atoms with E-state index < -0.39 is 0 Å². The van der Waals surface area contributed by atoms with Crippen molar-refractivity contribution in [3.05, 3.63) is 78.1 Å². The lowest BCUT2D eigenvalue weighted by molar-refractivity contribution is 0.0946. The van der Waals surface area contributed by atoms with Crippen LogP contribution in [0.2, 0.25) is 0 Å². The van der Waals surface area contributed by atoms with Gasteiger partial charge in [-0.25, -0.2) is 4.98 Å². The SMILES string of the molecule is O=C1NCCc2cc(-c3c[nH]c4ncc(-c5ccccc5)cc34)ccc21. The van der Waals surface area contributed by atoms with E-state index in [-0.39, 0.29) is 5.91 Å². The zero-order valence-electron chi connectivity index (χ0n) is 14.1. The first-order chi connectivity index (χ1) is 12.8. The van der Waals surface area contributed by atoms with Gasteiger partial charge in [0.1, 0.15) is 5.65 Å². The molecule has 0 atom stereocenters. The van der Waals surface area contributed by atoms with Crippen LogP contribution in [0, 0.1) is 0 Å². The molecular weight excluding hydrogens is 322 g/mol. The monoisotopic (exact) mass is 339 g/mol. The summed E-state index contributed by atoms with van der Waals surface area (Å²) in [7, 11) is 0. The summed E-state index contributed by atoms with van der Waals surface area (Å²) in [5.74, 6) is 0.0183. The Bertz CT molecular complexity index is 1130. The Labute approximate surface area is 150 Å². The number of nitrogens with one attached hydrogen (secondary N) is 2. The number of nitrogens with zero attached hydrogens (tertiary/aromatic N) is 1. The van der Waals surface area contributed by atoms with E-state index in [0.29, 0.717) is 6.54 Å². The molecule has 0 bridgehead atoms. The number of pyridine rings is 1. The Morgan fingerprint density at radius 3 is 2.65 bits per heavy atom. The van der Waals surface area contributed by atoms with Gasteiger partial charge in [-0.15, -0.1) is 0 Å². The number of amides is 1. The molecule has 4 nitrogen and oxygen atoms in total. The molecule has 0 saturated carbocycles. The number of hydrogen-bond donors (Lipinski definition) is 2. The number of aromatic nitrogens is 2. The summed E-state index contributed by atoms with van der Waals surface area (Å²) >= 11 is 0. The van der Waals surface area contributed by atoms with Gasteiger partial charge in [-0.2, -0.15) is 0 Å². The second-order valence-electron chi connectivity index (χ2n) is 6.57. The first-order valence-corrected chi connectivity index (χ1v) is 8.74. The topological polar surface area (TPSA) is 57.8 Å². The molecule has 4 heteroatoms. The Balaban J connectivity index is 1.64. The van der Waals surface area contributed by atoms with E-state index in [2.05, 4.69) is 39.6 Å². The molecule has 0 unspecified atom stereocenters. The van der Waals surface area contributed by atoms with E-state index in [1.165, 1.54) is 0 Å². The highest BCUT2D eigenvalue weighted by Gasteiger charge is 2.18. The molecule has 1 aliphatic rings. The van der Waals surface area contributed by atoms with Crippen LogP contribution >= 0.6 is 0 Å². The van der Waals surface area contributed by atoms with Gasteiger partial charge in [0.25, 0.3) is 5.91 Å². The number of fused-ring (bicyclic) bond motifs is 2. The van der Waals surface area contributed by atoms with Gasteiger partial charge in [-0.3, -0.25) is 4.79 Å². The van der Waals surface area contributed by atoms with E-state index in [1.807, 2.05) is 42.7 Å². The molecule has 0 radical (unpaired) electrons. The summed E-state index contributed by atoms with van der Waals surface area (Å²) in [4.78, 5) is 19.8. The van der Waals surface area contributed by atoms with Crippen molar-refractivity contribution in [3.8, 4) is 22.3 Å². The average molecular weight is 339 g/mol.